The minimum absolute atomic E-state index is 0. The van der Waals surface area contributed by atoms with Crippen LogP contribution in [0.25, 0.3) is 0 Å². The second-order valence-electron chi connectivity index (χ2n) is 4.18. The van der Waals surface area contributed by atoms with E-state index in [2.05, 4.69) is 25.8 Å². The van der Waals surface area contributed by atoms with E-state index >= 15 is 0 Å². The number of aliphatic imine (C=N–C) groups is 1. The predicted molar refractivity (Wildman–Crippen MR) is 92.7 cm³/mol. The minimum Gasteiger partial charge on any atom is -0.364 e. The highest BCUT2D eigenvalue weighted by molar-refractivity contribution is 14.0. The predicted octanol–water partition coefficient (Wildman–Crippen LogP) is 1.99. The molecule has 2 N–H and O–H groups in total. The quantitative estimate of drug-likeness (QED) is 0.440. The Hall–Kier alpha value is -1.64. The summed E-state index contributed by atoms with van der Waals surface area (Å²) < 4.78 is 4.78. The molecule has 6 nitrogen and oxygen atoms in total. The first-order valence-electron chi connectivity index (χ1n) is 6.70. The average Bonchev–Trinajstić information content (AvgIpc) is 2.99. The van der Waals surface area contributed by atoms with Gasteiger partial charge in [-0.05, 0) is 19.1 Å². The molecule has 21 heavy (non-hydrogen) atoms. The lowest BCUT2D eigenvalue weighted by Gasteiger charge is -2.10. The lowest BCUT2D eigenvalue weighted by atomic mass is 10.3. The zero-order valence-electron chi connectivity index (χ0n) is 12.0. The molecule has 0 spiro atoms. The smallest absolute Gasteiger partial charge is 0.191 e. The van der Waals surface area contributed by atoms with E-state index < -0.39 is 0 Å². The summed E-state index contributed by atoms with van der Waals surface area (Å²) in [5.41, 5.74) is 1.87. The van der Waals surface area contributed by atoms with Gasteiger partial charge in [-0.1, -0.05) is 11.2 Å². The Kier molecular flexibility index (Phi) is 8.41. The van der Waals surface area contributed by atoms with E-state index in [1.165, 1.54) is 0 Å². The highest BCUT2D eigenvalue weighted by Gasteiger charge is 1.99. The van der Waals surface area contributed by atoms with Crippen molar-refractivity contribution in [1.29, 1.82) is 0 Å². The number of hydrogen-bond acceptors (Lipinski definition) is 4. The molecule has 2 aromatic rings. The summed E-state index contributed by atoms with van der Waals surface area (Å²) in [4.78, 5) is 8.72. The molecule has 0 saturated carbocycles. The number of nitrogens with one attached hydrogen (secondary N) is 2. The Morgan fingerprint density at radius 3 is 2.81 bits per heavy atom. The first kappa shape index (κ1) is 17.4. The first-order valence-corrected chi connectivity index (χ1v) is 6.70. The molecule has 0 bridgehead atoms. The van der Waals surface area contributed by atoms with E-state index in [0.29, 0.717) is 6.54 Å². The molecule has 2 aromatic heterocycles. The number of rotatable bonds is 6. The second kappa shape index (κ2) is 10.1. The number of pyridine rings is 1. The van der Waals surface area contributed by atoms with Gasteiger partial charge >= 0.3 is 0 Å². The normalized spacial score (nSPS) is 10.8. The van der Waals surface area contributed by atoms with Crippen molar-refractivity contribution < 1.29 is 4.52 Å². The molecule has 0 aliphatic rings. The highest BCUT2D eigenvalue weighted by atomic mass is 127. The van der Waals surface area contributed by atoms with Crippen LogP contribution in [0.1, 0.15) is 18.3 Å². The summed E-state index contributed by atoms with van der Waals surface area (Å²) in [5, 5.41) is 10.3. The maximum atomic E-state index is 4.78. The molecule has 0 unspecified atom stereocenters. The molecule has 114 valence electrons. The molecule has 0 fully saturated rings. The van der Waals surface area contributed by atoms with Crippen LogP contribution in [0.2, 0.25) is 0 Å². The molecule has 0 amide bonds. The van der Waals surface area contributed by atoms with Crippen molar-refractivity contribution >= 4 is 29.9 Å². The number of guanidine groups is 1. The van der Waals surface area contributed by atoms with Crippen molar-refractivity contribution in [2.45, 2.75) is 19.9 Å². The van der Waals surface area contributed by atoms with Crippen LogP contribution in [0.3, 0.4) is 0 Å². The minimum atomic E-state index is 0. The summed E-state index contributed by atoms with van der Waals surface area (Å²) in [6, 6.07) is 7.73. The zero-order chi connectivity index (χ0) is 14.0. The van der Waals surface area contributed by atoms with Gasteiger partial charge in [-0.3, -0.25) is 4.98 Å². The molecule has 0 saturated heterocycles. The third-order valence-electron chi connectivity index (χ3n) is 2.63. The molecular weight excluding hydrogens is 381 g/mol. The van der Waals surface area contributed by atoms with Gasteiger partial charge in [0.25, 0.3) is 0 Å². The van der Waals surface area contributed by atoms with Crippen molar-refractivity contribution in [3.8, 4) is 0 Å². The third-order valence-corrected chi connectivity index (χ3v) is 2.63. The molecule has 0 aromatic carbocycles. The van der Waals surface area contributed by atoms with E-state index in [1.54, 1.807) is 18.5 Å². The largest absolute Gasteiger partial charge is 0.364 e. The van der Waals surface area contributed by atoms with Crippen molar-refractivity contribution in [1.82, 2.24) is 20.8 Å². The SMILES string of the molecule is CCNC(=NCc1ccon1)NCCc1ccccn1.I. The van der Waals surface area contributed by atoms with Gasteiger partial charge in [-0.2, -0.15) is 0 Å². The van der Waals surface area contributed by atoms with E-state index in [1.807, 2.05) is 25.1 Å². The molecule has 0 aliphatic carbocycles. The fraction of sp³-hybridized carbons (Fsp3) is 0.357. The number of hydrogen-bond donors (Lipinski definition) is 2. The first-order chi connectivity index (χ1) is 9.88. The molecule has 2 heterocycles. The average molecular weight is 401 g/mol. The van der Waals surface area contributed by atoms with Crippen molar-refractivity contribution in [2.24, 2.45) is 4.99 Å². The van der Waals surface area contributed by atoms with Crippen LogP contribution < -0.4 is 10.6 Å². The van der Waals surface area contributed by atoms with Gasteiger partial charge in [0.15, 0.2) is 5.96 Å². The van der Waals surface area contributed by atoms with Crippen molar-refractivity contribution in [3.63, 3.8) is 0 Å². The number of aromatic nitrogens is 2. The fourth-order valence-electron chi connectivity index (χ4n) is 1.68. The van der Waals surface area contributed by atoms with Crippen molar-refractivity contribution in [2.75, 3.05) is 13.1 Å². The van der Waals surface area contributed by atoms with Crippen LogP contribution in [-0.4, -0.2) is 29.2 Å². The molecule has 2 rings (SSSR count). The Labute approximate surface area is 141 Å². The summed E-state index contributed by atoms with van der Waals surface area (Å²) in [5.74, 6) is 0.770. The number of nitrogens with zero attached hydrogens (tertiary/aromatic N) is 3. The lowest BCUT2D eigenvalue weighted by Crippen LogP contribution is -2.38. The molecule has 0 aliphatic heterocycles. The van der Waals surface area contributed by atoms with Crippen LogP contribution in [0, 0.1) is 0 Å². The summed E-state index contributed by atoms with van der Waals surface area (Å²) in [6.07, 6.45) is 4.21. The van der Waals surface area contributed by atoms with Gasteiger partial charge in [-0.15, -0.1) is 24.0 Å². The monoisotopic (exact) mass is 401 g/mol. The summed E-state index contributed by atoms with van der Waals surface area (Å²) in [6.45, 7) is 4.12. The van der Waals surface area contributed by atoms with Crippen molar-refractivity contribution in [3.05, 3.63) is 48.1 Å². The lowest BCUT2D eigenvalue weighted by molar-refractivity contribution is 0.412. The summed E-state index contributed by atoms with van der Waals surface area (Å²) >= 11 is 0. The van der Waals surface area contributed by atoms with Crippen LogP contribution in [-0.2, 0) is 13.0 Å². The molecular formula is C14H20IN5O. The van der Waals surface area contributed by atoms with E-state index in [9.17, 15) is 0 Å². The number of halogens is 1. The van der Waals surface area contributed by atoms with Gasteiger partial charge in [0, 0.05) is 37.5 Å². The van der Waals surface area contributed by atoms with E-state index in [4.69, 9.17) is 4.52 Å². The molecule has 7 heteroatoms. The molecule has 0 atom stereocenters. The Balaban J connectivity index is 0.00000220. The Morgan fingerprint density at radius 1 is 1.24 bits per heavy atom. The third kappa shape index (κ3) is 6.56. The van der Waals surface area contributed by atoms with Crippen LogP contribution in [0.4, 0.5) is 0 Å². The van der Waals surface area contributed by atoms with Gasteiger partial charge < -0.3 is 15.2 Å². The Bertz CT molecular complexity index is 515. The maximum Gasteiger partial charge on any atom is 0.191 e. The van der Waals surface area contributed by atoms with Gasteiger partial charge in [-0.25, -0.2) is 4.99 Å². The molecule has 0 radical (unpaired) electrons. The van der Waals surface area contributed by atoms with E-state index in [0.717, 1.165) is 36.9 Å². The van der Waals surface area contributed by atoms with Gasteiger partial charge in [0.05, 0.1) is 6.54 Å². The summed E-state index contributed by atoms with van der Waals surface area (Å²) in [7, 11) is 0. The highest BCUT2D eigenvalue weighted by Crippen LogP contribution is 1.96. The standard InChI is InChI=1S/C14H19N5O.HI/c1-2-15-14(18-11-13-7-10-20-19-13)17-9-6-12-5-3-4-8-16-12;/h3-5,7-8,10H,2,6,9,11H2,1H3,(H2,15,17,18);1H. The maximum absolute atomic E-state index is 4.78. The van der Waals surface area contributed by atoms with Gasteiger partial charge in [0.1, 0.15) is 12.0 Å². The van der Waals surface area contributed by atoms with E-state index in [-0.39, 0.29) is 24.0 Å². The second-order valence-corrected chi connectivity index (χ2v) is 4.18. The fourth-order valence-corrected chi connectivity index (χ4v) is 1.68. The van der Waals surface area contributed by atoms with Gasteiger partial charge in [0.2, 0.25) is 0 Å². The van der Waals surface area contributed by atoms with Crippen LogP contribution >= 0.6 is 24.0 Å². The van der Waals surface area contributed by atoms with Crippen LogP contribution in [0.5, 0.6) is 0 Å². The van der Waals surface area contributed by atoms with Crippen LogP contribution in [0.15, 0.2) is 46.2 Å². The topological polar surface area (TPSA) is 75.3 Å². The Morgan fingerprint density at radius 2 is 2.14 bits per heavy atom. The zero-order valence-corrected chi connectivity index (χ0v) is 14.3.